The minimum absolute atomic E-state index is 0.474. The fourth-order valence-electron chi connectivity index (χ4n) is 0.940. The van der Waals surface area contributed by atoms with Crippen LogP contribution in [0.1, 0.15) is 21.9 Å². The van der Waals surface area contributed by atoms with Gasteiger partial charge in [-0.05, 0) is 13.7 Å². The van der Waals surface area contributed by atoms with E-state index >= 15 is 0 Å². The van der Waals surface area contributed by atoms with E-state index in [9.17, 15) is 0 Å². The molecule has 0 amide bonds. The molecule has 0 bridgehead atoms. The molecule has 0 aromatic heterocycles. The second-order valence-electron chi connectivity index (χ2n) is 2.19. The van der Waals surface area contributed by atoms with Crippen molar-refractivity contribution in [1.29, 1.82) is 0 Å². The van der Waals surface area contributed by atoms with Crippen molar-refractivity contribution < 1.29 is 8.22 Å². The highest BCUT2D eigenvalue weighted by atomic mass is 15.2. The fraction of sp³-hybridized carbons (Fsp3) is 1.00. The van der Waals surface area contributed by atoms with Crippen LogP contribution in [0.4, 0.5) is 0 Å². The Balaban J connectivity index is 2.80. The van der Waals surface area contributed by atoms with E-state index in [1.54, 1.807) is 0 Å². The number of nitrogens with zero attached hydrogens (tertiary/aromatic N) is 1. The summed E-state index contributed by atoms with van der Waals surface area (Å²) in [5, 5.41) is 3.06. The molecular formula is C7H16N2. The Morgan fingerprint density at radius 3 is 2.67 bits per heavy atom. The highest BCUT2D eigenvalue weighted by Crippen LogP contribution is 1.97. The van der Waals surface area contributed by atoms with Gasteiger partial charge < -0.3 is 5.32 Å². The highest BCUT2D eigenvalue weighted by Gasteiger charge is 2.11. The van der Waals surface area contributed by atoms with Crippen LogP contribution < -0.4 is 5.32 Å². The standard InChI is InChI=1S/C7H16N2/c1-7(2)9-5-3-8-4-6-9/h7-8H,3-6H2,1-2H3/i1D3,2D3. The molecule has 0 spiro atoms. The van der Waals surface area contributed by atoms with Gasteiger partial charge in [0.05, 0.1) is 0 Å². The third kappa shape index (κ3) is 1.95. The lowest BCUT2D eigenvalue weighted by Crippen LogP contribution is -2.46. The van der Waals surface area contributed by atoms with Crippen LogP contribution in [-0.2, 0) is 0 Å². The van der Waals surface area contributed by atoms with Crippen LogP contribution in [0.2, 0.25) is 0 Å². The maximum Gasteiger partial charge on any atom is 0.0246 e. The van der Waals surface area contributed by atoms with Crippen LogP contribution in [0.5, 0.6) is 0 Å². The van der Waals surface area contributed by atoms with Gasteiger partial charge >= 0.3 is 0 Å². The second kappa shape index (κ2) is 3.18. The first-order valence-electron chi connectivity index (χ1n) is 6.18. The van der Waals surface area contributed by atoms with Gasteiger partial charge in [-0.15, -0.1) is 0 Å². The smallest absolute Gasteiger partial charge is 0.0246 e. The maximum atomic E-state index is 7.29. The van der Waals surface area contributed by atoms with Gasteiger partial charge in [0.25, 0.3) is 0 Å². The summed E-state index contributed by atoms with van der Waals surface area (Å²) in [6.45, 7) is -2.68. The van der Waals surface area contributed by atoms with Gasteiger partial charge in [0.2, 0.25) is 0 Å². The average Bonchev–Trinajstić information content (AvgIpc) is 2.00. The van der Waals surface area contributed by atoms with E-state index in [1.807, 2.05) is 0 Å². The normalized spacial score (nSPS) is 35.7. The van der Waals surface area contributed by atoms with Gasteiger partial charge in [0.15, 0.2) is 0 Å². The van der Waals surface area contributed by atoms with Gasteiger partial charge in [-0.25, -0.2) is 0 Å². The summed E-state index contributed by atoms with van der Waals surface area (Å²) in [6, 6.07) is -1.34. The predicted molar refractivity (Wildman–Crippen MR) is 39.6 cm³/mol. The number of piperazine rings is 1. The summed E-state index contributed by atoms with van der Waals surface area (Å²) in [5.74, 6) is 0. The van der Waals surface area contributed by atoms with Crippen LogP contribution in [0, 0.1) is 0 Å². The van der Waals surface area contributed by atoms with Crippen molar-refractivity contribution in [1.82, 2.24) is 10.2 Å². The lowest BCUT2D eigenvalue weighted by atomic mass is 10.3. The molecule has 1 heterocycles. The van der Waals surface area contributed by atoms with Crippen LogP contribution in [0.15, 0.2) is 0 Å². The van der Waals surface area contributed by atoms with Gasteiger partial charge in [-0.3, -0.25) is 4.90 Å². The molecule has 2 nitrogen and oxygen atoms in total. The van der Waals surface area contributed by atoms with E-state index in [-0.39, 0.29) is 0 Å². The molecule has 0 aromatic carbocycles. The number of rotatable bonds is 1. The molecule has 0 unspecified atom stereocenters. The van der Waals surface area contributed by atoms with E-state index in [0.717, 1.165) is 0 Å². The van der Waals surface area contributed by atoms with Gasteiger partial charge in [0, 0.05) is 40.4 Å². The van der Waals surface area contributed by atoms with Crippen LogP contribution in [0.25, 0.3) is 0 Å². The van der Waals surface area contributed by atoms with Crippen molar-refractivity contribution >= 4 is 0 Å². The predicted octanol–water partition coefficient (Wildman–Crippen LogP) is 0.300. The van der Waals surface area contributed by atoms with E-state index in [4.69, 9.17) is 8.22 Å². The molecule has 54 valence electrons. The van der Waals surface area contributed by atoms with Gasteiger partial charge in [-0.2, -0.15) is 0 Å². The molecule has 0 radical (unpaired) electrons. The van der Waals surface area contributed by atoms with Crippen molar-refractivity contribution in [2.75, 3.05) is 26.2 Å². The van der Waals surface area contributed by atoms with Crippen molar-refractivity contribution in [2.45, 2.75) is 19.7 Å². The zero-order chi connectivity index (χ0) is 11.7. The van der Waals surface area contributed by atoms with Crippen LogP contribution >= 0.6 is 0 Å². The lowest BCUT2D eigenvalue weighted by molar-refractivity contribution is 0.196. The first kappa shape index (κ1) is 2.51. The molecule has 2 heteroatoms. The lowest BCUT2D eigenvalue weighted by Gasteiger charge is -2.30. The fourth-order valence-corrected chi connectivity index (χ4v) is 0.940. The molecule has 0 aliphatic carbocycles. The van der Waals surface area contributed by atoms with E-state index in [2.05, 4.69) is 5.32 Å². The first-order chi connectivity index (χ1) is 6.73. The summed E-state index contributed by atoms with van der Waals surface area (Å²) in [5.41, 5.74) is 0. The Bertz CT molecular complexity index is 191. The monoisotopic (exact) mass is 134 g/mol. The van der Waals surface area contributed by atoms with Crippen molar-refractivity contribution in [3.63, 3.8) is 0 Å². The summed E-state index contributed by atoms with van der Waals surface area (Å²) in [4.78, 5) is 1.54. The SMILES string of the molecule is [2H]C([2H])([2H])C(N1CCNCC1)C([2H])([2H])[2H]. The molecule has 1 N–H and O–H groups in total. The molecular weight excluding hydrogens is 112 g/mol. The van der Waals surface area contributed by atoms with Gasteiger partial charge in [-0.1, -0.05) is 0 Å². The van der Waals surface area contributed by atoms with E-state index in [0.29, 0.717) is 26.2 Å². The maximum absolute atomic E-state index is 7.29. The Morgan fingerprint density at radius 2 is 2.11 bits per heavy atom. The number of hydrogen-bond donors (Lipinski definition) is 1. The summed E-state index contributed by atoms with van der Waals surface area (Å²) >= 11 is 0. The Labute approximate surface area is 65.7 Å². The largest absolute Gasteiger partial charge is 0.314 e. The third-order valence-corrected chi connectivity index (χ3v) is 1.52. The molecule has 1 saturated heterocycles. The zero-order valence-corrected chi connectivity index (χ0v) is 5.35. The van der Waals surface area contributed by atoms with E-state index in [1.165, 1.54) is 4.90 Å². The Hall–Kier alpha value is -0.0800. The highest BCUT2D eigenvalue weighted by molar-refractivity contribution is 4.69. The quantitative estimate of drug-likeness (QED) is 0.555. The summed E-state index contributed by atoms with van der Waals surface area (Å²) in [6.07, 6.45) is 0. The number of hydrogen-bond acceptors (Lipinski definition) is 2. The van der Waals surface area contributed by atoms with Crippen molar-refractivity contribution in [3.05, 3.63) is 0 Å². The van der Waals surface area contributed by atoms with Crippen molar-refractivity contribution in [3.8, 4) is 0 Å². The topological polar surface area (TPSA) is 15.3 Å². The Kier molecular flexibility index (Phi) is 0.888. The minimum atomic E-state index is -2.46. The first-order valence-corrected chi connectivity index (χ1v) is 3.18. The van der Waals surface area contributed by atoms with Crippen LogP contribution in [-0.4, -0.2) is 37.1 Å². The zero-order valence-electron chi connectivity index (χ0n) is 11.4. The molecule has 0 saturated carbocycles. The second-order valence-corrected chi connectivity index (χ2v) is 2.19. The molecule has 1 rings (SSSR count). The minimum Gasteiger partial charge on any atom is -0.314 e. The molecule has 1 aliphatic rings. The molecule has 9 heavy (non-hydrogen) atoms. The number of nitrogens with one attached hydrogen (secondary N) is 1. The summed E-state index contributed by atoms with van der Waals surface area (Å²) < 4.78 is 43.8. The molecule has 0 aromatic rings. The molecule has 1 fully saturated rings. The van der Waals surface area contributed by atoms with Crippen molar-refractivity contribution in [2.24, 2.45) is 0 Å². The third-order valence-electron chi connectivity index (χ3n) is 1.52. The average molecular weight is 134 g/mol. The van der Waals surface area contributed by atoms with E-state index < -0.39 is 19.7 Å². The molecule has 1 aliphatic heterocycles. The van der Waals surface area contributed by atoms with Gasteiger partial charge in [0.1, 0.15) is 0 Å². The molecule has 0 atom stereocenters. The summed E-state index contributed by atoms with van der Waals surface area (Å²) in [7, 11) is 0. The van der Waals surface area contributed by atoms with Crippen LogP contribution in [0.3, 0.4) is 0 Å². The Morgan fingerprint density at radius 1 is 1.44 bits per heavy atom.